The molecule has 0 bridgehead atoms. The van der Waals surface area contributed by atoms with Crippen LogP contribution >= 0.6 is 11.6 Å². The molecule has 0 aromatic rings. The predicted molar refractivity (Wildman–Crippen MR) is 47.2 cm³/mol. The number of halogens is 1. The third-order valence-electron chi connectivity index (χ3n) is 1.42. The van der Waals surface area contributed by atoms with Crippen molar-refractivity contribution in [2.45, 2.75) is 32.3 Å². The van der Waals surface area contributed by atoms with Crippen LogP contribution in [0.2, 0.25) is 0 Å². The summed E-state index contributed by atoms with van der Waals surface area (Å²) in [5.74, 6) is 0.0299. The van der Waals surface area contributed by atoms with Crippen LogP contribution in [0.1, 0.15) is 26.2 Å². The zero-order valence-corrected chi connectivity index (χ0v) is 8.01. The highest BCUT2D eigenvalue weighted by atomic mass is 35.5. The maximum absolute atomic E-state index is 10.8. The average Bonchev–Trinajstić information content (AvgIpc) is 2.05. The number of aliphatic hydroxyl groups is 1. The highest BCUT2D eigenvalue weighted by Crippen LogP contribution is 2.03. The summed E-state index contributed by atoms with van der Waals surface area (Å²) in [7, 11) is 0. The van der Waals surface area contributed by atoms with Gasteiger partial charge in [0.2, 0.25) is 0 Å². The summed E-state index contributed by atoms with van der Waals surface area (Å²) in [6.45, 7) is 2.02. The van der Waals surface area contributed by atoms with Crippen molar-refractivity contribution in [3.63, 3.8) is 0 Å². The van der Waals surface area contributed by atoms with Crippen molar-refractivity contribution in [2.75, 3.05) is 12.5 Å². The number of aliphatic hydroxyl groups excluding tert-OH is 1. The largest absolute Gasteiger partial charge is 0.464 e. The Morgan fingerprint density at radius 3 is 2.75 bits per heavy atom. The second-order valence-corrected chi connectivity index (χ2v) is 2.83. The van der Waals surface area contributed by atoms with Crippen molar-refractivity contribution in [3.05, 3.63) is 0 Å². The Labute approximate surface area is 77.7 Å². The number of carbonyl (C=O) groups excluding carboxylic acids is 1. The topological polar surface area (TPSA) is 46.5 Å². The lowest BCUT2D eigenvalue weighted by Gasteiger charge is -2.08. The number of hydrogen-bond acceptors (Lipinski definition) is 3. The maximum atomic E-state index is 10.8. The van der Waals surface area contributed by atoms with E-state index in [4.69, 9.17) is 16.7 Å². The average molecular weight is 195 g/mol. The van der Waals surface area contributed by atoms with Gasteiger partial charge in [-0.05, 0) is 26.2 Å². The smallest absolute Gasteiger partial charge is 0.334 e. The molecule has 72 valence electrons. The number of carbonyl (C=O) groups is 1. The van der Waals surface area contributed by atoms with E-state index in [1.165, 1.54) is 0 Å². The SMILES string of the molecule is CCOC(=O)C(O)CCCCCl. The molecule has 0 aromatic heterocycles. The van der Waals surface area contributed by atoms with Crippen molar-refractivity contribution < 1.29 is 14.6 Å². The molecule has 1 atom stereocenters. The number of rotatable bonds is 6. The van der Waals surface area contributed by atoms with Gasteiger partial charge in [-0.25, -0.2) is 4.79 Å². The van der Waals surface area contributed by atoms with Crippen LogP contribution < -0.4 is 0 Å². The standard InChI is InChI=1S/C8H15ClO3/c1-2-12-8(11)7(10)5-3-4-6-9/h7,10H,2-6H2,1H3. The van der Waals surface area contributed by atoms with Crippen LogP contribution in [0.3, 0.4) is 0 Å². The monoisotopic (exact) mass is 194 g/mol. The molecule has 0 heterocycles. The molecule has 0 fully saturated rings. The molecule has 0 saturated heterocycles. The number of hydrogen-bond donors (Lipinski definition) is 1. The number of alkyl halides is 1. The van der Waals surface area contributed by atoms with E-state index < -0.39 is 12.1 Å². The van der Waals surface area contributed by atoms with Crippen LogP contribution in [0, 0.1) is 0 Å². The molecule has 1 N–H and O–H groups in total. The molecule has 0 radical (unpaired) electrons. The van der Waals surface area contributed by atoms with Gasteiger partial charge in [0.15, 0.2) is 6.10 Å². The number of ether oxygens (including phenoxy) is 1. The second kappa shape index (κ2) is 7.37. The normalized spacial score (nSPS) is 12.6. The van der Waals surface area contributed by atoms with Crippen molar-refractivity contribution in [2.24, 2.45) is 0 Å². The summed E-state index contributed by atoms with van der Waals surface area (Å²) in [6, 6.07) is 0. The van der Waals surface area contributed by atoms with E-state index in [9.17, 15) is 4.79 Å². The second-order valence-electron chi connectivity index (χ2n) is 2.45. The first kappa shape index (κ1) is 11.7. The minimum atomic E-state index is -0.979. The molecule has 12 heavy (non-hydrogen) atoms. The van der Waals surface area contributed by atoms with E-state index >= 15 is 0 Å². The molecule has 0 aliphatic heterocycles. The van der Waals surface area contributed by atoms with Crippen molar-refractivity contribution in [1.29, 1.82) is 0 Å². The Morgan fingerprint density at radius 2 is 2.25 bits per heavy atom. The molecule has 0 spiro atoms. The molecule has 0 rings (SSSR count). The lowest BCUT2D eigenvalue weighted by Crippen LogP contribution is -2.22. The highest BCUT2D eigenvalue weighted by Gasteiger charge is 2.14. The lowest BCUT2D eigenvalue weighted by molar-refractivity contribution is -0.153. The van der Waals surface area contributed by atoms with Crippen LogP contribution in [-0.2, 0) is 9.53 Å². The molecular formula is C8H15ClO3. The van der Waals surface area contributed by atoms with Gasteiger partial charge in [0.1, 0.15) is 0 Å². The van der Waals surface area contributed by atoms with Gasteiger partial charge in [-0.3, -0.25) is 0 Å². The fraction of sp³-hybridized carbons (Fsp3) is 0.875. The molecule has 3 nitrogen and oxygen atoms in total. The summed E-state index contributed by atoms with van der Waals surface area (Å²) in [5.41, 5.74) is 0. The summed E-state index contributed by atoms with van der Waals surface area (Å²) < 4.78 is 4.61. The lowest BCUT2D eigenvalue weighted by atomic mass is 10.2. The van der Waals surface area contributed by atoms with E-state index in [0.717, 1.165) is 12.8 Å². The van der Waals surface area contributed by atoms with Gasteiger partial charge < -0.3 is 9.84 Å². The van der Waals surface area contributed by atoms with Gasteiger partial charge >= 0.3 is 5.97 Å². The van der Waals surface area contributed by atoms with Crippen LogP contribution in [0.5, 0.6) is 0 Å². The molecule has 0 amide bonds. The van der Waals surface area contributed by atoms with Crippen LogP contribution in [0.25, 0.3) is 0 Å². The van der Waals surface area contributed by atoms with Gasteiger partial charge in [-0.2, -0.15) is 0 Å². The molecule has 0 aliphatic rings. The summed E-state index contributed by atoms with van der Waals surface area (Å²) in [6.07, 6.45) is 1.03. The zero-order valence-electron chi connectivity index (χ0n) is 7.25. The highest BCUT2D eigenvalue weighted by molar-refractivity contribution is 6.17. The van der Waals surface area contributed by atoms with E-state index in [2.05, 4.69) is 4.74 Å². The van der Waals surface area contributed by atoms with Crippen LogP contribution in [-0.4, -0.2) is 29.7 Å². The summed E-state index contributed by atoms with van der Waals surface area (Å²) >= 11 is 5.43. The Bertz CT molecular complexity index is 127. The van der Waals surface area contributed by atoms with Crippen molar-refractivity contribution in [1.82, 2.24) is 0 Å². The van der Waals surface area contributed by atoms with Gasteiger partial charge in [-0.15, -0.1) is 11.6 Å². The first-order valence-corrected chi connectivity index (χ1v) is 4.66. The van der Waals surface area contributed by atoms with Crippen molar-refractivity contribution in [3.8, 4) is 0 Å². The third-order valence-corrected chi connectivity index (χ3v) is 1.69. The van der Waals surface area contributed by atoms with Gasteiger partial charge in [0.05, 0.1) is 6.61 Å². The van der Waals surface area contributed by atoms with Gasteiger partial charge in [0.25, 0.3) is 0 Å². The fourth-order valence-electron chi connectivity index (χ4n) is 0.788. The molecular weight excluding hydrogens is 180 g/mol. The van der Waals surface area contributed by atoms with E-state index in [1.54, 1.807) is 6.92 Å². The minimum absolute atomic E-state index is 0.311. The van der Waals surface area contributed by atoms with E-state index in [0.29, 0.717) is 18.9 Å². The van der Waals surface area contributed by atoms with E-state index in [-0.39, 0.29) is 0 Å². The Kier molecular flexibility index (Phi) is 7.20. The Balaban J connectivity index is 3.42. The molecule has 1 unspecified atom stereocenters. The molecule has 0 aromatic carbocycles. The minimum Gasteiger partial charge on any atom is -0.464 e. The third kappa shape index (κ3) is 5.38. The fourth-order valence-corrected chi connectivity index (χ4v) is 0.977. The number of esters is 1. The molecule has 0 saturated carbocycles. The summed E-state index contributed by atoms with van der Waals surface area (Å²) in [4.78, 5) is 10.8. The molecule has 0 aliphatic carbocycles. The van der Waals surface area contributed by atoms with E-state index in [1.807, 2.05) is 0 Å². The Morgan fingerprint density at radius 1 is 1.58 bits per heavy atom. The van der Waals surface area contributed by atoms with Gasteiger partial charge in [-0.1, -0.05) is 0 Å². The predicted octanol–water partition coefficient (Wildman–Crippen LogP) is 1.32. The quantitative estimate of drug-likeness (QED) is 0.394. The van der Waals surface area contributed by atoms with Gasteiger partial charge in [0, 0.05) is 5.88 Å². The summed E-state index contributed by atoms with van der Waals surface area (Å²) in [5, 5.41) is 9.16. The zero-order chi connectivity index (χ0) is 9.40. The first-order chi connectivity index (χ1) is 5.72. The number of unbranched alkanes of at least 4 members (excludes halogenated alkanes) is 1. The maximum Gasteiger partial charge on any atom is 0.334 e. The molecule has 4 heteroatoms. The van der Waals surface area contributed by atoms with Crippen LogP contribution in [0.15, 0.2) is 0 Å². The van der Waals surface area contributed by atoms with Crippen molar-refractivity contribution >= 4 is 17.6 Å². The van der Waals surface area contributed by atoms with Crippen LogP contribution in [0.4, 0.5) is 0 Å². The first-order valence-electron chi connectivity index (χ1n) is 4.13. The Hall–Kier alpha value is -0.280.